The maximum Gasteiger partial charge on any atom is 0.194 e. The van der Waals surface area contributed by atoms with E-state index in [4.69, 9.17) is 4.74 Å². The van der Waals surface area contributed by atoms with Crippen molar-refractivity contribution in [2.45, 2.75) is 32.9 Å². The maximum atomic E-state index is 5.46. The summed E-state index contributed by atoms with van der Waals surface area (Å²) in [6, 6.07) is 0.627. The molecule has 1 atom stereocenters. The lowest BCUT2D eigenvalue weighted by atomic mass is 10.2. The van der Waals surface area contributed by atoms with Gasteiger partial charge >= 0.3 is 0 Å². The zero-order chi connectivity index (χ0) is 16.2. The van der Waals surface area contributed by atoms with Gasteiger partial charge in [0.25, 0.3) is 0 Å². The van der Waals surface area contributed by atoms with Crippen molar-refractivity contribution < 1.29 is 4.74 Å². The summed E-state index contributed by atoms with van der Waals surface area (Å²) >= 11 is 1.76. The Kier molecular flexibility index (Phi) is 5.50. The minimum atomic E-state index is 0.627. The number of hydrogen-bond donors (Lipinski definition) is 1. The third kappa shape index (κ3) is 4.02. The number of aliphatic imine (C=N–C) groups is 1. The molecule has 1 aromatic rings. The number of morpholine rings is 1. The van der Waals surface area contributed by atoms with E-state index in [0.717, 1.165) is 62.6 Å². The molecule has 2 saturated heterocycles. The predicted molar refractivity (Wildman–Crippen MR) is 94.2 cm³/mol. The Balaban J connectivity index is 1.52. The van der Waals surface area contributed by atoms with E-state index in [9.17, 15) is 0 Å². The average molecular weight is 337 g/mol. The molecule has 1 N–H and O–H groups in total. The number of aryl methyl sites for hydroxylation is 2. The molecule has 3 heterocycles. The second-order valence-corrected chi connectivity index (χ2v) is 7.47. The van der Waals surface area contributed by atoms with E-state index in [1.54, 1.807) is 11.3 Å². The Morgan fingerprint density at radius 1 is 1.35 bits per heavy atom. The van der Waals surface area contributed by atoms with Crippen LogP contribution < -0.4 is 5.32 Å². The van der Waals surface area contributed by atoms with Crippen LogP contribution in [-0.4, -0.2) is 73.2 Å². The molecule has 6 nitrogen and oxygen atoms in total. The van der Waals surface area contributed by atoms with Gasteiger partial charge in [0.05, 0.1) is 25.5 Å². The molecule has 3 rings (SSSR count). The molecule has 0 saturated carbocycles. The first-order valence-corrected chi connectivity index (χ1v) is 9.19. The first kappa shape index (κ1) is 16.7. The number of nitrogens with zero attached hydrogens (tertiary/aromatic N) is 4. The monoisotopic (exact) mass is 337 g/mol. The van der Waals surface area contributed by atoms with Crippen molar-refractivity contribution in [3.63, 3.8) is 0 Å². The molecule has 7 heteroatoms. The SMILES string of the molecule is CN=C(NCc1nc(C)c(C)s1)N1CCC(N2CCOCC2)C1. The summed E-state index contributed by atoms with van der Waals surface area (Å²) in [6.45, 7) is 10.9. The standard InChI is InChI=1S/C16H27N5OS/c1-12-13(2)23-15(19-12)10-18-16(17-3)21-5-4-14(11-21)20-6-8-22-9-7-20/h14H,4-11H2,1-3H3,(H,17,18). The van der Waals surface area contributed by atoms with Crippen LogP contribution in [0.15, 0.2) is 4.99 Å². The zero-order valence-electron chi connectivity index (χ0n) is 14.3. The van der Waals surface area contributed by atoms with Crippen molar-refractivity contribution in [3.05, 3.63) is 15.6 Å². The topological polar surface area (TPSA) is 53.0 Å². The number of thiazole rings is 1. The van der Waals surface area contributed by atoms with Gasteiger partial charge in [-0.15, -0.1) is 11.3 Å². The van der Waals surface area contributed by atoms with Crippen LogP contribution in [0.2, 0.25) is 0 Å². The van der Waals surface area contributed by atoms with Gasteiger partial charge in [-0.05, 0) is 20.3 Å². The van der Waals surface area contributed by atoms with Crippen LogP contribution >= 0.6 is 11.3 Å². The van der Waals surface area contributed by atoms with E-state index >= 15 is 0 Å². The molecule has 23 heavy (non-hydrogen) atoms. The van der Waals surface area contributed by atoms with Crippen LogP contribution in [0, 0.1) is 13.8 Å². The van der Waals surface area contributed by atoms with Gasteiger partial charge in [0.2, 0.25) is 0 Å². The molecule has 0 aromatic carbocycles. The van der Waals surface area contributed by atoms with Crippen molar-refractivity contribution >= 4 is 17.3 Å². The second-order valence-electron chi connectivity index (χ2n) is 6.19. The number of nitrogens with one attached hydrogen (secondary N) is 1. The van der Waals surface area contributed by atoms with Gasteiger partial charge in [-0.1, -0.05) is 0 Å². The summed E-state index contributed by atoms with van der Waals surface area (Å²) in [4.78, 5) is 15.3. The Bertz CT molecular complexity index is 533. The number of hydrogen-bond acceptors (Lipinski definition) is 5. The molecule has 0 amide bonds. The number of likely N-dealkylation sites (tertiary alicyclic amines) is 1. The van der Waals surface area contributed by atoms with Gasteiger partial charge in [-0.3, -0.25) is 9.89 Å². The van der Waals surface area contributed by atoms with E-state index in [0.29, 0.717) is 6.04 Å². The summed E-state index contributed by atoms with van der Waals surface area (Å²) < 4.78 is 5.46. The van der Waals surface area contributed by atoms with Crippen LogP contribution in [0.5, 0.6) is 0 Å². The van der Waals surface area contributed by atoms with Crippen molar-refractivity contribution in [2.75, 3.05) is 46.4 Å². The normalized spacial score (nSPS) is 23.5. The summed E-state index contributed by atoms with van der Waals surface area (Å²) in [5, 5.41) is 4.60. The molecular weight excluding hydrogens is 310 g/mol. The molecule has 0 radical (unpaired) electrons. The maximum absolute atomic E-state index is 5.46. The minimum absolute atomic E-state index is 0.627. The zero-order valence-corrected chi connectivity index (χ0v) is 15.2. The molecule has 128 valence electrons. The first-order valence-electron chi connectivity index (χ1n) is 8.37. The fourth-order valence-electron chi connectivity index (χ4n) is 3.28. The fourth-order valence-corrected chi connectivity index (χ4v) is 4.15. The van der Waals surface area contributed by atoms with Crippen LogP contribution in [0.25, 0.3) is 0 Å². The van der Waals surface area contributed by atoms with Crippen molar-refractivity contribution in [1.29, 1.82) is 0 Å². The smallest absolute Gasteiger partial charge is 0.194 e. The van der Waals surface area contributed by atoms with Crippen molar-refractivity contribution in [3.8, 4) is 0 Å². The van der Waals surface area contributed by atoms with Crippen molar-refractivity contribution in [2.24, 2.45) is 4.99 Å². The molecular formula is C16H27N5OS. The highest BCUT2D eigenvalue weighted by atomic mass is 32.1. The predicted octanol–water partition coefficient (Wildman–Crippen LogP) is 1.24. The summed E-state index contributed by atoms with van der Waals surface area (Å²) in [6.07, 6.45) is 1.20. The van der Waals surface area contributed by atoms with E-state index in [1.807, 2.05) is 7.05 Å². The quantitative estimate of drug-likeness (QED) is 0.664. The Morgan fingerprint density at radius 2 is 2.13 bits per heavy atom. The summed E-state index contributed by atoms with van der Waals surface area (Å²) in [5.41, 5.74) is 1.13. The van der Waals surface area contributed by atoms with E-state index in [-0.39, 0.29) is 0 Å². The average Bonchev–Trinajstić information content (AvgIpc) is 3.17. The Hall–Kier alpha value is -1.18. The number of ether oxygens (including phenoxy) is 1. The Labute approximate surface area is 142 Å². The molecule has 0 bridgehead atoms. The van der Waals surface area contributed by atoms with Crippen molar-refractivity contribution in [1.82, 2.24) is 20.1 Å². The first-order chi connectivity index (χ1) is 11.2. The van der Waals surface area contributed by atoms with Gasteiger partial charge in [-0.2, -0.15) is 0 Å². The van der Waals surface area contributed by atoms with E-state index in [2.05, 4.69) is 38.9 Å². The molecule has 2 aliphatic rings. The minimum Gasteiger partial charge on any atom is -0.379 e. The number of guanidine groups is 1. The molecule has 2 aliphatic heterocycles. The van der Waals surface area contributed by atoms with E-state index < -0.39 is 0 Å². The largest absolute Gasteiger partial charge is 0.379 e. The highest BCUT2D eigenvalue weighted by Gasteiger charge is 2.30. The molecule has 0 spiro atoms. The second kappa shape index (κ2) is 7.59. The third-order valence-corrected chi connectivity index (χ3v) is 5.78. The lowest BCUT2D eigenvalue weighted by Gasteiger charge is -2.32. The van der Waals surface area contributed by atoms with E-state index in [1.165, 1.54) is 11.3 Å². The highest BCUT2D eigenvalue weighted by Crippen LogP contribution is 2.18. The molecule has 0 aliphatic carbocycles. The highest BCUT2D eigenvalue weighted by molar-refractivity contribution is 7.11. The van der Waals surface area contributed by atoms with Gasteiger partial charge in [0.15, 0.2) is 5.96 Å². The summed E-state index contributed by atoms with van der Waals surface area (Å²) in [7, 11) is 1.86. The molecule has 1 aromatic heterocycles. The molecule has 2 fully saturated rings. The van der Waals surface area contributed by atoms with Crippen LogP contribution in [-0.2, 0) is 11.3 Å². The van der Waals surface area contributed by atoms with Crippen LogP contribution in [0.1, 0.15) is 22.0 Å². The number of rotatable bonds is 3. The fraction of sp³-hybridized carbons (Fsp3) is 0.750. The van der Waals surface area contributed by atoms with Crippen LogP contribution in [0.3, 0.4) is 0 Å². The van der Waals surface area contributed by atoms with Crippen LogP contribution in [0.4, 0.5) is 0 Å². The Morgan fingerprint density at radius 3 is 2.78 bits per heavy atom. The lowest BCUT2D eigenvalue weighted by molar-refractivity contribution is 0.0195. The lowest BCUT2D eigenvalue weighted by Crippen LogP contribution is -2.46. The number of aromatic nitrogens is 1. The van der Waals surface area contributed by atoms with Gasteiger partial charge in [-0.25, -0.2) is 4.98 Å². The summed E-state index contributed by atoms with van der Waals surface area (Å²) in [5.74, 6) is 0.992. The third-order valence-electron chi connectivity index (χ3n) is 4.71. The molecule has 1 unspecified atom stereocenters. The van der Waals surface area contributed by atoms with Gasteiger partial charge in [0, 0.05) is 44.1 Å². The van der Waals surface area contributed by atoms with Gasteiger partial charge < -0.3 is 15.0 Å². The van der Waals surface area contributed by atoms with Gasteiger partial charge in [0.1, 0.15) is 5.01 Å².